The number of amides is 1. The molecule has 0 heterocycles. The van der Waals surface area contributed by atoms with E-state index in [0.717, 1.165) is 12.1 Å². The van der Waals surface area contributed by atoms with Gasteiger partial charge in [-0.1, -0.05) is 43.7 Å². The zero-order chi connectivity index (χ0) is 13.0. The number of benzene rings is 1. The van der Waals surface area contributed by atoms with Crippen molar-refractivity contribution < 1.29 is 4.79 Å². The maximum absolute atomic E-state index is 12.0. The van der Waals surface area contributed by atoms with Gasteiger partial charge < -0.3 is 11.1 Å². The lowest BCUT2D eigenvalue weighted by Crippen LogP contribution is -2.37. The Labute approximate surface area is 109 Å². The summed E-state index contributed by atoms with van der Waals surface area (Å²) in [6.07, 6.45) is 4.86. The van der Waals surface area contributed by atoms with Crippen LogP contribution >= 0.6 is 0 Å². The number of carbonyl (C=O) groups excluding carboxylic acids is 1. The highest BCUT2D eigenvalue weighted by atomic mass is 16.2. The summed E-state index contributed by atoms with van der Waals surface area (Å²) in [5.41, 5.74) is 7.20. The molecule has 0 aliphatic heterocycles. The van der Waals surface area contributed by atoms with Gasteiger partial charge in [-0.3, -0.25) is 4.79 Å². The lowest BCUT2D eigenvalue weighted by Gasteiger charge is -2.17. The summed E-state index contributed by atoms with van der Waals surface area (Å²) in [4.78, 5) is 12.0. The van der Waals surface area contributed by atoms with E-state index in [-0.39, 0.29) is 5.91 Å². The van der Waals surface area contributed by atoms with Gasteiger partial charge in [-0.15, -0.1) is 0 Å². The van der Waals surface area contributed by atoms with Gasteiger partial charge >= 0.3 is 0 Å². The first kappa shape index (κ1) is 13.1. The largest absolute Gasteiger partial charge is 0.354 e. The van der Waals surface area contributed by atoms with E-state index in [2.05, 4.69) is 12.2 Å². The Kier molecular flexibility index (Phi) is 4.02. The van der Waals surface area contributed by atoms with Crippen molar-refractivity contribution in [2.45, 2.75) is 38.6 Å². The molecule has 0 saturated heterocycles. The van der Waals surface area contributed by atoms with Crippen molar-refractivity contribution in [3.05, 3.63) is 35.9 Å². The molecule has 1 unspecified atom stereocenters. The molecule has 1 aromatic rings. The second kappa shape index (κ2) is 5.53. The summed E-state index contributed by atoms with van der Waals surface area (Å²) in [6, 6.07) is 8.97. The fourth-order valence-corrected chi connectivity index (χ4v) is 2.42. The molecular weight excluding hydrogens is 224 g/mol. The smallest absolute Gasteiger partial charge is 0.241 e. The number of hydrogen-bond acceptors (Lipinski definition) is 2. The van der Waals surface area contributed by atoms with Gasteiger partial charge in [-0.25, -0.2) is 0 Å². The quantitative estimate of drug-likeness (QED) is 0.809. The van der Waals surface area contributed by atoms with Gasteiger partial charge in [0.1, 0.15) is 6.04 Å². The summed E-state index contributed by atoms with van der Waals surface area (Å²) in [7, 11) is 0. The van der Waals surface area contributed by atoms with Crippen molar-refractivity contribution in [3.8, 4) is 0 Å². The Morgan fingerprint density at radius 2 is 2.06 bits per heavy atom. The van der Waals surface area contributed by atoms with E-state index < -0.39 is 6.04 Å². The molecule has 1 saturated carbocycles. The van der Waals surface area contributed by atoms with Crippen molar-refractivity contribution in [3.63, 3.8) is 0 Å². The molecule has 1 atom stereocenters. The van der Waals surface area contributed by atoms with E-state index in [9.17, 15) is 4.79 Å². The average Bonchev–Trinajstić information content (AvgIpc) is 3.17. The van der Waals surface area contributed by atoms with Crippen LogP contribution in [0.1, 0.15) is 44.2 Å². The predicted octanol–water partition coefficient (Wildman–Crippen LogP) is 2.38. The van der Waals surface area contributed by atoms with Crippen LogP contribution in [-0.4, -0.2) is 12.5 Å². The van der Waals surface area contributed by atoms with Crippen LogP contribution in [0.5, 0.6) is 0 Å². The highest BCUT2D eigenvalue weighted by Crippen LogP contribution is 2.48. The van der Waals surface area contributed by atoms with Crippen LogP contribution in [0, 0.1) is 5.41 Å². The molecule has 98 valence electrons. The Hall–Kier alpha value is -1.35. The molecule has 3 N–H and O–H groups in total. The van der Waals surface area contributed by atoms with Gasteiger partial charge in [0.25, 0.3) is 0 Å². The van der Waals surface area contributed by atoms with E-state index in [0.29, 0.717) is 5.41 Å². The molecular formula is C15H22N2O. The molecule has 3 heteroatoms. The second-order valence-corrected chi connectivity index (χ2v) is 5.36. The zero-order valence-electron chi connectivity index (χ0n) is 11.0. The van der Waals surface area contributed by atoms with E-state index in [4.69, 9.17) is 5.73 Å². The lowest BCUT2D eigenvalue weighted by atomic mass is 10.0. The van der Waals surface area contributed by atoms with Gasteiger partial charge in [0, 0.05) is 6.54 Å². The van der Waals surface area contributed by atoms with Crippen molar-refractivity contribution in [1.82, 2.24) is 5.32 Å². The summed E-state index contributed by atoms with van der Waals surface area (Å²) >= 11 is 0. The molecule has 1 fully saturated rings. The van der Waals surface area contributed by atoms with Crippen LogP contribution in [0.2, 0.25) is 0 Å². The van der Waals surface area contributed by atoms with Crippen LogP contribution in [0.25, 0.3) is 0 Å². The number of rotatable bonds is 6. The highest BCUT2D eigenvalue weighted by molar-refractivity contribution is 5.82. The molecule has 1 amide bonds. The Morgan fingerprint density at radius 1 is 1.39 bits per heavy atom. The molecule has 0 radical (unpaired) electrons. The zero-order valence-corrected chi connectivity index (χ0v) is 11.0. The number of carbonyl (C=O) groups is 1. The van der Waals surface area contributed by atoms with Crippen molar-refractivity contribution >= 4 is 5.91 Å². The van der Waals surface area contributed by atoms with Gasteiger partial charge in [-0.05, 0) is 30.2 Å². The molecule has 2 rings (SSSR count). The number of nitrogens with two attached hydrogens (primary N) is 1. The van der Waals surface area contributed by atoms with E-state index in [1.807, 2.05) is 30.3 Å². The minimum Gasteiger partial charge on any atom is -0.354 e. The summed E-state index contributed by atoms with van der Waals surface area (Å²) in [5, 5.41) is 3.00. The van der Waals surface area contributed by atoms with E-state index >= 15 is 0 Å². The molecule has 3 nitrogen and oxygen atoms in total. The maximum Gasteiger partial charge on any atom is 0.241 e. The molecule has 18 heavy (non-hydrogen) atoms. The third kappa shape index (κ3) is 3.10. The van der Waals surface area contributed by atoms with Crippen LogP contribution in [-0.2, 0) is 4.79 Å². The van der Waals surface area contributed by atoms with Gasteiger partial charge in [0.05, 0.1) is 0 Å². The first-order chi connectivity index (χ1) is 8.67. The Morgan fingerprint density at radius 3 is 2.61 bits per heavy atom. The minimum absolute atomic E-state index is 0.0661. The summed E-state index contributed by atoms with van der Waals surface area (Å²) < 4.78 is 0. The fourth-order valence-electron chi connectivity index (χ4n) is 2.42. The van der Waals surface area contributed by atoms with E-state index in [1.165, 1.54) is 25.7 Å². The number of nitrogens with one attached hydrogen (secondary N) is 1. The van der Waals surface area contributed by atoms with Crippen molar-refractivity contribution in [2.24, 2.45) is 11.1 Å². The van der Waals surface area contributed by atoms with Gasteiger partial charge in [-0.2, -0.15) is 0 Å². The van der Waals surface area contributed by atoms with Gasteiger partial charge in [0.2, 0.25) is 5.91 Å². The van der Waals surface area contributed by atoms with E-state index in [1.54, 1.807) is 0 Å². The molecule has 0 spiro atoms. The van der Waals surface area contributed by atoms with Gasteiger partial charge in [0.15, 0.2) is 0 Å². The summed E-state index contributed by atoms with van der Waals surface area (Å²) in [5.74, 6) is -0.0661. The fraction of sp³-hybridized carbons (Fsp3) is 0.533. The SMILES string of the molecule is CCCC1(CNC(=O)C(N)c2ccccc2)CC1. The minimum atomic E-state index is -0.552. The first-order valence-corrected chi connectivity index (χ1v) is 6.75. The van der Waals surface area contributed by atoms with Crippen LogP contribution in [0.15, 0.2) is 30.3 Å². The molecule has 0 aromatic heterocycles. The van der Waals surface area contributed by atoms with Crippen LogP contribution in [0.4, 0.5) is 0 Å². The number of hydrogen-bond donors (Lipinski definition) is 2. The predicted molar refractivity (Wildman–Crippen MR) is 73.0 cm³/mol. The maximum atomic E-state index is 12.0. The third-order valence-corrected chi connectivity index (χ3v) is 3.82. The molecule has 1 aromatic carbocycles. The van der Waals surface area contributed by atoms with Crippen molar-refractivity contribution in [1.29, 1.82) is 0 Å². The monoisotopic (exact) mass is 246 g/mol. The Bertz CT molecular complexity index is 398. The highest BCUT2D eigenvalue weighted by Gasteiger charge is 2.41. The normalized spacial score (nSPS) is 18.1. The lowest BCUT2D eigenvalue weighted by molar-refractivity contribution is -0.122. The second-order valence-electron chi connectivity index (χ2n) is 5.36. The molecule has 0 bridgehead atoms. The average molecular weight is 246 g/mol. The van der Waals surface area contributed by atoms with Crippen molar-refractivity contribution in [2.75, 3.05) is 6.54 Å². The standard InChI is InChI=1S/C15H22N2O/c1-2-8-15(9-10-15)11-17-14(18)13(16)12-6-4-3-5-7-12/h3-7,13H,2,8-11,16H2,1H3,(H,17,18). The topological polar surface area (TPSA) is 55.1 Å². The Balaban J connectivity index is 1.85. The molecule has 1 aliphatic carbocycles. The van der Waals surface area contributed by atoms with Crippen LogP contribution in [0.3, 0.4) is 0 Å². The van der Waals surface area contributed by atoms with Crippen LogP contribution < -0.4 is 11.1 Å². The first-order valence-electron chi connectivity index (χ1n) is 6.75. The summed E-state index contributed by atoms with van der Waals surface area (Å²) in [6.45, 7) is 2.97. The third-order valence-electron chi connectivity index (χ3n) is 3.82. The molecule has 1 aliphatic rings.